The van der Waals surface area contributed by atoms with E-state index < -0.39 is 0 Å². The zero-order valence-electron chi connectivity index (χ0n) is 5.66. The Kier molecular flexibility index (Phi) is 5.86. The first-order valence-electron chi connectivity index (χ1n) is 3.50. The monoisotopic (exact) mass is 132 g/mol. The fourth-order valence-corrected chi connectivity index (χ4v) is 1.24. The van der Waals surface area contributed by atoms with Crippen molar-refractivity contribution in [2.24, 2.45) is 0 Å². The van der Waals surface area contributed by atoms with Crippen molar-refractivity contribution in [2.45, 2.75) is 44.9 Å². The van der Waals surface area contributed by atoms with Crippen molar-refractivity contribution < 1.29 is 0 Å². The number of hydrogen-bond donors (Lipinski definition) is 0. The Labute approximate surface area is 55.7 Å². The Morgan fingerprint density at radius 2 is 0.500 bits per heavy atom. The Hall–Kier alpha value is 0.430. The molecule has 0 radical (unpaired) electrons. The Morgan fingerprint density at radius 3 is 0.625 bits per heavy atom. The second-order valence-corrected chi connectivity index (χ2v) is 2.47. The quantitative estimate of drug-likeness (QED) is 0.351. The molecule has 0 aromatic rings. The fourth-order valence-electron chi connectivity index (χ4n) is 1.24. The molecule has 0 aromatic carbocycles. The molecule has 50 valence electrons. The maximum absolute atomic E-state index is 1.50. The fraction of sp³-hybridized carbons (Fsp3) is 1.00. The Bertz CT molecular complexity index is 24.0. The van der Waals surface area contributed by atoms with Gasteiger partial charge in [0.25, 0.3) is 0 Å². The van der Waals surface area contributed by atoms with Gasteiger partial charge in [-0.2, -0.15) is 9.90 Å². The van der Waals surface area contributed by atoms with Gasteiger partial charge >= 0.3 is 0 Å². The summed E-state index contributed by atoms with van der Waals surface area (Å²) in [5.74, 6) is 0. The smallest absolute Gasteiger partial charge is 0.0533 e. The molecule has 1 aliphatic rings. The molecule has 1 unspecified atom stereocenters. The maximum atomic E-state index is 1.50. The van der Waals surface area contributed by atoms with E-state index in [-0.39, 0.29) is 9.90 Å². The van der Waals surface area contributed by atoms with Crippen molar-refractivity contribution in [3.8, 4) is 0 Å². The van der Waals surface area contributed by atoms with Crippen molar-refractivity contribution >= 4 is 9.90 Å². The normalized spacial score (nSPS) is 21.0. The molecule has 1 aliphatic carbocycles. The lowest BCUT2D eigenvalue weighted by atomic mass is 10.2. The third kappa shape index (κ3) is 3.43. The first-order chi connectivity index (χ1) is 3.50. The van der Waals surface area contributed by atoms with E-state index in [9.17, 15) is 0 Å². The second-order valence-electron chi connectivity index (χ2n) is 2.47. The predicted molar refractivity (Wildman–Crippen MR) is 43.4 cm³/mol. The van der Waals surface area contributed by atoms with Crippen LogP contribution in [-0.4, -0.2) is 0 Å². The molecule has 0 aromatic heterocycles. The first kappa shape index (κ1) is 8.43. The van der Waals surface area contributed by atoms with Crippen LogP contribution >= 0.6 is 9.90 Å². The summed E-state index contributed by atoms with van der Waals surface area (Å²) in [7, 11) is 0. The summed E-state index contributed by atoms with van der Waals surface area (Å²) in [5, 5.41) is 0. The van der Waals surface area contributed by atoms with Crippen molar-refractivity contribution in [3.05, 3.63) is 0 Å². The van der Waals surface area contributed by atoms with Gasteiger partial charge in [0.05, 0.1) is 0 Å². The highest BCUT2D eigenvalue weighted by molar-refractivity contribution is 6.92. The third-order valence-electron chi connectivity index (χ3n) is 1.75. The van der Waals surface area contributed by atoms with Crippen LogP contribution in [0, 0.1) is 0 Å². The van der Waals surface area contributed by atoms with Crippen molar-refractivity contribution in [1.82, 2.24) is 0 Å². The molecule has 1 atom stereocenters. The minimum absolute atomic E-state index is 0. The zero-order valence-corrected chi connectivity index (χ0v) is 7.07. The zero-order chi connectivity index (χ0) is 4.95. The van der Waals surface area contributed by atoms with E-state index in [1.807, 2.05) is 0 Å². The molecule has 8 heavy (non-hydrogen) atoms. The Morgan fingerprint density at radius 1 is 0.375 bits per heavy atom. The molecular formula is C7H17P. The summed E-state index contributed by atoms with van der Waals surface area (Å²) in [4.78, 5) is 0. The molecule has 0 aliphatic heterocycles. The second kappa shape index (κ2) is 5.56. The van der Waals surface area contributed by atoms with Crippen LogP contribution in [0.4, 0.5) is 0 Å². The van der Waals surface area contributed by atoms with E-state index in [2.05, 4.69) is 0 Å². The average molecular weight is 132 g/mol. The lowest BCUT2D eigenvalue weighted by Crippen LogP contribution is -1.66. The highest BCUT2D eigenvalue weighted by atomic mass is 31.0. The summed E-state index contributed by atoms with van der Waals surface area (Å²) in [6, 6.07) is 0. The van der Waals surface area contributed by atoms with E-state index in [4.69, 9.17) is 0 Å². The largest absolute Gasteiger partial charge is 0.153 e. The minimum Gasteiger partial charge on any atom is -0.153 e. The first-order valence-corrected chi connectivity index (χ1v) is 3.50. The van der Waals surface area contributed by atoms with E-state index >= 15 is 0 Å². The number of rotatable bonds is 0. The van der Waals surface area contributed by atoms with Gasteiger partial charge in [0.15, 0.2) is 0 Å². The molecule has 0 saturated heterocycles. The van der Waals surface area contributed by atoms with Gasteiger partial charge in [-0.15, -0.1) is 0 Å². The molecule has 0 N–H and O–H groups in total. The third-order valence-corrected chi connectivity index (χ3v) is 1.75. The van der Waals surface area contributed by atoms with Crippen LogP contribution in [0.5, 0.6) is 0 Å². The number of hydrogen-bond acceptors (Lipinski definition) is 0. The van der Waals surface area contributed by atoms with E-state index in [1.165, 1.54) is 44.9 Å². The van der Waals surface area contributed by atoms with Gasteiger partial charge in [0.2, 0.25) is 0 Å². The van der Waals surface area contributed by atoms with Gasteiger partial charge in [-0.1, -0.05) is 44.9 Å². The maximum Gasteiger partial charge on any atom is -0.0533 e. The molecule has 1 rings (SSSR count). The highest BCUT2D eigenvalue weighted by Gasteiger charge is 1.95. The van der Waals surface area contributed by atoms with Gasteiger partial charge in [0, 0.05) is 0 Å². The molecule has 0 spiro atoms. The van der Waals surface area contributed by atoms with Crippen molar-refractivity contribution in [1.29, 1.82) is 0 Å². The Balaban J connectivity index is 0.000000490. The predicted octanol–water partition coefficient (Wildman–Crippen LogP) is 2.79. The summed E-state index contributed by atoms with van der Waals surface area (Å²) in [6.45, 7) is 0. The van der Waals surface area contributed by atoms with Gasteiger partial charge in [-0.3, -0.25) is 0 Å². The van der Waals surface area contributed by atoms with E-state index in [0.717, 1.165) is 0 Å². The minimum atomic E-state index is 0. The summed E-state index contributed by atoms with van der Waals surface area (Å²) >= 11 is 0. The van der Waals surface area contributed by atoms with Crippen molar-refractivity contribution in [3.63, 3.8) is 0 Å². The summed E-state index contributed by atoms with van der Waals surface area (Å²) in [6.07, 6.45) is 10.5. The molecule has 1 heteroatoms. The topological polar surface area (TPSA) is 0 Å². The lowest BCUT2D eigenvalue weighted by Gasteiger charge is -1.85. The lowest BCUT2D eigenvalue weighted by molar-refractivity contribution is 0.702. The van der Waals surface area contributed by atoms with Gasteiger partial charge in [0.1, 0.15) is 0 Å². The van der Waals surface area contributed by atoms with Crippen LogP contribution in [0.1, 0.15) is 44.9 Å². The van der Waals surface area contributed by atoms with Crippen LogP contribution in [0.3, 0.4) is 0 Å². The van der Waals surface area contributed by atoms with E-state index in [0.29, 0.717) is 0 Å². The molecule has 0 nitrogen and oxygen atoms in total. The van der Waals surface area contributed by atoms with E-state index in [1.54, 1.807) is 0 Å². The van der Waals surface area contributed by atoms with Gasteiger partial charge in [-0.05, 0) is 0 Å². The summed E-state index contributed by atoms with van der Waals surface area (Å²) in [5.41, 5.74) is 0. The standard InChI is InChI=1S/C7H14.H3P/c1-2-4-6-7-5-3-1;/h1-7H2;1H3. The van der Waals surface area contributed by atoms with Crippen molar-refractivity contribution in [2.75, 3.05) is 0 Å². The van der Waals surface area contributed by atoms with Crippen LogP contribution in [0.2, 0.25) is 0 Å². The molecule has 1 saturated carbocycles. The van der Waals surface area contributed by atoms with Crippen LogP contribution in [0.15, 0.2) is 0 Å². The van der Waals surface area contributed by atoms with Crippen LogP contribution in [0.25, 0.3) is 0 Å². The van der Waals surface area contributed by atoms with Crippen LogP contribution < -0.4 is 0 Å². The summed E-state index contributed by atoms with van der Waals surface area (Å²) < 4.78 is 0. The molecular weight excluding hydrogens is 115 g/mol. The van der Waals surface area contributed by atoms with Gasteiger partial charge < -0.3 is 0 Å². The van der Waals surface area contributed by atoms with Crippen LogP contribution in [-0.2, 0) is 0 Å². The highest BCUT2D eigenvalue weighted by Crippen LogP contribution is 2.15. The molecule has 0 bridgehead atoms. The molecule has 0 heterocycles. The van der Waals surface area contributed by atoms with Gasteiger partial charge in [-0.25, -0.2) is 0 Å². The SMILES string of the molecule is C1CCCCCC1.P. The molecule has 0 amide bonds. The molecule has 1 fully saturated rings. The average Bonchev–Trinajstić information content (AvgIpc) is 1.90.